The van der Waals surface area contributed by atoms with Gasteiger partial charge in [-0.15, -0.1) is 0 Å². The molecule has 1 aromatic carbocycles. The first-order valence-corrected chi connectivity index (χ1v) is 6.77. The molecule has 2 N–H and O–H groups in total. The van der Waals surface area contributed by atoms with Gasteiger partial charge >= 0.3 is 0 Å². The van der Waals surface area contributed by atoms with Gasteiger partial charge in [-0.2, -0.15) is 0 Å². The van der Waals surface area contributed by atoms with Crippen molar-refractivity contribution in [3.8, 4) is 0 Å². The predicted octanol–water partition coefficient (Wildman–Crippen LogP) is 3.47. The van der Waals surface area contributed by atoms with E-state index in [1.165, 1.54) is 24.8 Å². The third kappa shape index (κ3) is 4.21. The van der Waals surface area contributed by atoms with E-state index < -0.39 is 0 Å². The van der Waals surface area contributed by atoms with Crippen molar-refractivity contribution in [1.82, 2.24) is 0 Å². The molecule has 3 heteroatoms. The van der Waals surface area contributed by atoms with Gasteiger partial charge in [-0.3, -0.25) is 0 Å². The second kappa shape index (κ2) is 7.57. The average molecular weight is 255 g/mol. The van der Waals surface area contributed by atoms with Crippen molar-refractivity contribution in [1.29, 1.82) is 0 Å². The third-order valence-corrected chi connectivity index (χ3v) is 3.27. The van der Waals surface area contributed by atoms with Crippen LogP contribution in [0.1, 0.15) is 31.7 Å². The summed E-state index contributed by atoms with van der Waals surface area (Å²) in [7, 11) is 2.11. The Morgan fingerprint density at radius 1 is 1.29 bits per heavy atom. The average Bonchev–Trinajstić information content (AvgIpc) is 2.30. The summed E-state index contributed by atoms with van der Waals surface area (Å²) in [6.45, 7) is 3.93. The molecule has 96 valence electrons. The molecule has 0 bridgehead atoms. The molecule has 0 unspecified atom stereocenters. The summed E-state index contributed by atoms with van der Waals surface area (Å²) in [4.78, 5) is 2.25. The highest BCUT2D eigenvalue weighted by molar-refractivity contribution is 6.33. The Balaban J connectivity index is 2.78. The van der Waals surface area contributed by atoms with Gasteiger partial charge in [0.15, 0.2) is 0 Å². The number of benzene rings is 1. The molecular weight excluding hydrogens is 232 g/mol. The molecule has 17 heavy (non-hydrogen) atoms. The molecule has 0 aliphatic heterocycles. The molecule has 0 heterocycles. The van der Waals surface area contributed by atoms with Crippen LogP contribution in [0.5, 0.6) is 0 Å². The van der Waals surface area contributed by atoms with E-state index in [0.29, 0.717) is 6.54 Å². The lowest BCUT2D eigenvalue weighted by molar-refractivity contribution is 0.703. The van der Waals surface area contributed by atoms with Crippen molar-refractivity contribution in [3.63, 3.8) is 0 Å². The smallest absolute Gasteiger partial charge is 0.0642 e. The van der Waals surface area contributed by atoms with Gasteiger partial charge in [0.25, 0.3) is 0 Å². The van der Waals surface area contributed by atoms with Gasteiger partial charge in [0.05, 0.1) is 10.7 Å². The first kappa shape index (κ1) is 14.3. The second-order valence-electron chi connectivity index (χ2n) is 4.41. The summed E-state index contributed by atoms with van der Waals surface area (Å²) >= 11 is 6.29. The van der Waals surface area contributed by atoms with Crippen LogP contribution in [0, 0.1) is 0 Å². The molecular formula is C14H23ClN2. The van der Waals surface area contributed by atoms with Crippen molar-refractivity contribution < 1.29 is 0 Å². The second-order valence-corrected chi connectivity index (χ2v) is 4.82. The zero-order valence-corrected chi connectivity index (χ0v) is 11.6. The van der Waals surface area contributed by atoms with E-state index in [-0.39, 0.29) is 0 Å². The standard InChI is InChI=1S/C14H23ClN2/c1-3-4-5-11-17(2)14-12(9-10-16)7-6-8-13(14)15/h6-8H,3-5,9-11,16H2,1-2H3. The number of nitrogens with two attached hydrogens (primary N) is 1. The lowest BCUT2D eigenvalue weighted by atomic mass is 10.1. The van der Waals surface area contributed by atoms with Crippen LogP contribution in [0.25, 0.3) is 0 Å². The normalized spacial score (nSPS) is 10.6. The number of unbranched alkanes of at least 4 members (excludes halogenated alkanes) is 2. The van der Waals surface area contributed by atoms with E-state index in [0.717, 1.165) is 23.7 Å². The third-order valence-electron chi connectivity index (χ3n) is 2.96. The molecule has 0 aliphatic carbocycles. The highest BCUT2D eigenvalue weighted by atomic mass is 35.5. The Morgan fingerprint density at radius 2 is 2.06 bits per heavy atom. The van der Waals surface area contributed by atoms with Crippen LogP contribution in [0.3, 0.4) is 0 Å². The fourth-order valence-corrected chi connectivity index (χ4v) is 2.39. The van der Waals surface area contributed by atoms with E-state index >= 15 is 0 Å². The van der Waals surface area contributed by atoms with Crippen molar-refractivity contribution in [3.05, 3.63) is 28.8 Å². The zero-order valence-electron chi connectivity index (χ0n) is 10.9. The zero-order chi connectivity index (χ0) is 12.7. The highest BCUT2D eigenvalue weighted by Crippen LogP contribution is 2.29. The Kier molecular flexibility index (Phi) is 6.38. The van der Waals surface area contributed by atoms with Gasteiger partial charge < -0.3 is 10.6 Å². The molecule has 0 saturated carbocycles. The molecule has 2 nitrogen and oxygen atoms in total. The molecule has 0 amide bonds. The SMILES string of the molecule is CCCCCN(C)c1c(Cl)cccc1CCN. The number of para-hydroxylation sites is 1. The van der Waals surface area contributed by atoms with E-state index in [1.807, 2.05) is 12.1 Å². The van der Waals surface area contributed by atoms with Crippen LogP contribution in [0.4, 0.5) is 5.69 Å². The summed E-state index contributed by atoms with van der Waals surface area (Å²) < 4.78 is 0. The maximum Gasteiger partial charge on any atom is 0.0642 e. The summed E-state index contributed by atoms with van der Waals surface area (Å²) in [5.41, 5.74) is 8.04. The molecule has 0 aliphatic rings. The van der Waals surface area contributed by atoms with Gasteiger partial charge in [-0.1, -0.05) is 43.5 Å². The van der Waals surface area contributed by atoms with Crippen molar-refractivity contribution >= 4 is 17.3 Å². The Labute approximate surface area is 110 Å². The lowest BCUT2D eigenvalue weighted by Gasteiger charge is -2.23. The van der Waals surface area contributed by atoms with Gasteiger partial charge in [0.1, 0.15) is 0 Å². The maximum atomic E-state index is 6.29. The molecule has 1 aromatic rings. The number of nitrogens with zero attached hydrogens (tertiary/aromatic N) is 1. The van der Waals surface area contributed by atoms with E-state index in [1.54, 1.807) is 0 Å². The number of halogens is 1. The summed E-state index contributed by atoms with van der Waals surface area (Å²) in [5.74, 6) is 0. The Bertz CT molecular complexity index is 339. The molecule has 0 radical (unpaired) electrons. The van der Waals surface area contributed by atoms with E-state index in [9.17, 15) is 0 Å². The van der Waals surface area contributed by atoms with Gasteiger partial charge in [-0.05, 0) is 31.0 Å². The predicted molar refractivity (Wildman–Crippen MR) is 77.0 cm³/mol. The van der Waals surface area contributed by atoms with Crippen LogP contribution in [-0.4, -0.2) is 20.1 Å². The van der Waals surface area contributed by atoms with Crippen LogP contribution in [0.2, 0.25) is 5.02 Å². The van der Waals surface area contributed by atoms with E-state index in [4.69, 9.17) is 17.3 Å². The molecule has 1 rings (SSSR count). The van der Waals surface area contributed by atoms with Crippen LogP contribution >= 0.6 is 11.6 Å². The number of hydrogen-bond donors (Lipinski definition) is 1. The van der Waals surface area contributed by atoms with Crippen LogP contribution in [0.15, 0.2) is 18.2 Å². The largest absolute Gasteiger partial charge is 0.373 e. The number of hydrogen-bond acceptors (Lipinski definition) is 2. The van der Waals surface area contributed by atoms with E-state index in [2.05, 4.69) is 24.9 Å². The lowest BCUT2D eigenvalue weighted by Crippen LogP contribution is -2.21. The molecule has 0 spiro atoms. The van der Waals surface area contributed by atoms with Gasteiger partial charge in [0.2, 0.25) is 0 Å². The van der Waals surface area contributed by atoms with Gasteiger partial charge in [-0.25, -0.2) is 0 Å². The molecule has 0 saturated heterocycles. The van der Waals surface area contributed by atoms with Crippen molar-refractivity contribution in [2.75, 3.05) is 25.0 Å². The summed E-state index contributed by atoms with van der Waals surface area (Å²) in [6, 6.07) is 6.06. The first-order chi connectivity index (χ1) is 8.20. The van der Waals surface area contributed by atoms with Crippen LogP contribution in [-0.2, 0) is 6.42 Å². The maximum absolute atomic E-state index is 6.29. The molecule has 0 aromatic heterocycles. The van der Waals surface area contributed by atoms with Crippen molar-refractivity contribution in [2.24, 2.45) is 5.73 Å². The number of rotatable bonds is 7. The quantitative estimate of drug-likeness (QED) is 0.755. The van der Waals surface area contributed by atoms with Crippen molar-refractivity contribution in [2.45, 2.75) is 32.6 Å². The highest BCUT2D eigenvalue weighted by Gasteiger charge is 2.10. The number of anilines is 1. The minimum absolute atomic E-state index is 0.663. The fourth-order valence-electron chi connectivity index (χ4n) is 2.06. The van der Waals surface area contributed by atoms with Gasteiger partial charge in [0, 0.05) is 13.6 Å². The fraction of sp³-hybridized carbons (Fsp3) is 0.571. The molecule has 0 atom stereocenters. The Hall–Kier alpha value is -0.730. The topological polar surface area (TPSA) is 29.3 Å². The monoisotopic (exact) mass is 254 g/mol. The van der Waals surface area contributed by atoms with Crippen LogP contribution < -0.4 is 10.6 Å². The Morgan fingerprint density at radius 3 is 2.71 bits per heavy atom. The minimum atomic E-state index is 0.663. The molecule has 0 fully saturated rings. The minimum Gasteiger partial charge on any atom is -0.373 e. The summed E-state index contributed by atoms with van der Waals surface area (Å²) in [5, 5.41) is 0.829. The first-order valence-electron chi connectivity index (χ1n) is 6.39. The summed E-state index contributed by atoms with van der Waals surface area (Å²) in [6.07, 6.45) is 4.60.